The van der Waals surface area contributed by atoms with Crippen molar-refractivity contribution < 1.29 is 4.79 Å². The van der Waals surface area contributed by atoms with E-state index in [0.29, 0.717) is 6.54 Å². The lowest BCUT2D eigenvalue weighted by molar-refractivity contribution is -0.121. The molecule has 1 N–H and O–H groups in total. The molecule has 15 heavy (non-hydrogen) atoms. The largest absolute Gasteiger partial charge is 0.358 e. The number of amides is 1. The van der Waals surface area contributed by atoms with E-state index < -0.39 is 0 Å². The third kappa shape index (κ3) is 4.32. The van der Waals surface area contributed by atoms with Gasteiger partial charge in [-0.2, -0.15) is 0 Å². The molecule has 84 valence electrons. The van der Waals surface area contributed by atoms with E-state index in [9.17, 15) is 4.79 Å². The molecule has 1 aromatic heterocycles. The number of halogens is 1. The normalized spacial score (nSPS) is 10.7. The molecule has 0 aliphatic rings. The maximum atomic E-state index is 11.2. The van der Waals surface area contributed by atoms with Crippen LogP contribution in [0, 0.1) is 0 Å². The summed E-state index contributed by atoms with van der Waals surface area (Å²) in [7, 11) is 1.66. The number of hydrogen-bond acceptors (Lipinski definition) is 3. The molecule has 0 unspecified atom stereocenters. The monoisotopic (exact) mass is 290 g/mol. The number of thiophene rings is 1. The summed E-state index contributed by atoms with van der Waals surface area (Å²) in [6.07, 6.45) is 0. The van der Waals surface area contributed by atoms with Crippen LogP contribution in [0.15, 0.2) is 15.9 Å². The maximum absolute atomic E-state index is 11.2. The Balaban J connectivity index is 2.50. The molecule has 3 nitrogen and oxygen atoms in total. The number of rotatable bonds is 5. The van der Waals surface area contributed by atoms with Crippen LogP contribution in [-0.4, -0.2) is 30.9 Å². The number of nitrogens with zero attached hydrogens (tertiary/aromatic N) is 1. The van der Waals surface area contributed by atoms with Gasteiger partial charge in [0.25, 0.3) is 0 Å². The summed E-state index contributed by atoms with van der Waals surface area (Å²) in [4.78, 5) is 14.6. The van der Waals surface area contributed by atoms with Crippen molar-refractivity contribution in [3.05, 3.63) is 20.8 Å². The third-order valence-corrected chi connectivity index (χ3v) is 3.78. The Labute approximate surface area is 103 Å². The van der Waals surface area contributed by atoms with Crippen LogP contribution in [0.1, 0.15) is 11.8 Å². The molecule has 1 amide bonds. The second-order valence-electron chi connectivity index (χ2n) is 3.21. The first-order chi connectivity index (χ1) is 7.15. The Morgan fingerprint density at radius 2 is 2.40 bits per heavy atom. The number of nitrogens with one attached hydrogen (secondary N) is 1. The van der Waals surface area contributed by atoms with Gasteiger partial charge in [0.05, 0.1) is 6.54 Å². The van der Waals surface area contributed by atoms with Crippen molar-refractivity contribution in [1.82, 2.24) is 10.2 Å². The lowest BCUT2D eigenvalue weighted by atomic mass is 10.4. The van der Waals surface area contributed by atoms with E-state index in [1.54, 1.807) is 18.4 Å². The van der Waals surface area contributed by atoms with Crippen LogP contribution in [0.4, 0.5) is 0 Å². The van der Waals surface area contributed by atoms with Crippen LogP contribution < -0.4 is 5.32 Å². The average Bonchev–Trinajstić information content (AvgIpc) is 2.62. The smallest absolute Gasteiger partial charge is 0.233 e. The molecule has 1 aromatic rings. The third-order valence-electron chi connectivity index (χ3n) is 2.09. The average molecular weight is 291 g/mol. The van der Waals surface area contributed by atoms with E-state index in [1.165, 1.54) is 4.88 Å². The summed E-state index contributed by atoms with van der Waals surface area (Å²) in [5, 5.41) is 4.69. The molecule has 0 saturated carbocycles. The summed E-state index contributed by atoms with van der Waals surface area (Å²) in [5.74, 6) is 0.0625. The number of likely N-dealkylation sites (N-methyl/N-ethyl adjacent to an activating group) is 2. The molecule has 1 rings (SSSR count). The quantitative estimate of drug-likeness (QED) is 0.901. The van der Waals surface area contributed by atoms with Crippen LogP contribution >= 0.6 is 27.3 Å². The van der Waals surface area contributed by atoms with Gasteiger partial charge in [-0.1, -0.05) is 6.92 Å². The van der Waals surface area contributed by atoms with E-state index in [1.807, 2.05) is 0 Å². The second-order valence-corrected chi connectivity index (χ2v) is 5.12. The number of carbonyl (C=O) groups excluding carboxylic acids is 1. The fourth-order valence-electron chi connectivity index (χ4n) is 1.22. The van der Waals surface area contributed by atoms with E-state index in [4.69, 9.17) is 0 Å². The minimum atomic E-state index is 0.0625. The molecule has 1 heterocycles. The summed E-state index contributed by atoms with van der Waals surface area (Å²) in [5.41, 5.74) is 0. The predicted octanol–water partition coefficient (Wildman–Crippen LogP) is 2.08. The first-order valence-electron chi connectivity index (χ1n) is 4.81. The van der Waals surface area contributed by atoms with Crippen molar-refractivity contribution in [2.75, 3.05) is 20.1 Å². The molecule has 0 fully saturated rings. The minimum Gasteiger partial charge on any atom is -0.358 e. The van der Waals surface area contributed by atoms with Gasteiger partial charge in [-0.15, -0.1) is 11.3 Å². The van der Waals surface area contributed by atoms with Crippen LogP contribution in [0.25, 0.3) is 0 Å². The summed E-state index contributed by atoms with van der Waals surface area (Å²) in [6.45, 7) is 4.23. The van der Waals surface area contributed by atoms with Gasteiger partial charge >= 0.3 is 0 Å². The summed E-state index contributed by atoms with van der Waals surface area (Å²) >= 11 is 5.13. The standard InChI is InChI=1S/C10H15BrN2OS/c1-3-13(6-10(14)12-2)5-9-4-8(11)7-15-9/h4,7H,3,5-6H2,1-2H3,(H,12,14). The Hall–Kier alpha value is -0.390. The lowest BCUT2D eigenvalue weighted by Gasteiger charge is -2.18. The summed E-state index contributed by atoms with van der Waals surface area (Å²) < 4.78 is 1.11. The zero-order valence-electron chi connectivity index (χ0n) is 8.92. The van der Waals surface area contributed by atoms with Crippen LogP contribution in [0.5, 0.6) is 0 Å². The molecule has 0 aliphatic heterocycles. The van der Waals surface area contributed by atoms with Gasteiger partial charge in [-0.3, -0.25) is 9.69 Å². The lowest BCUT2D eigenvalue weighted by Crippen LogP contribution is -2.34. The van der Waals surface area contributed by atoms with Crippen molar-refractivity contribution in [3.8, 4) is 0 Å². The van der Waals surface area contributed by atoms with Gasteiger partial charge in [0.2, 0.25) is 5.91 Å². The van der Waals surface area contributed by atoms with Gasteiger partial charge in [-0.05, 0) is 28.5 Å². The first kappa shape index (κ1) is 12.7. The number of hydrogen-bond donors (Lipinski definition) is 1. The highest BCUT2D eigenvalue weighted by atomic mass is 79.9. The molecule has 0 aromatic carbocycles. The SMILES string of the molecule is CCN(CC(=O)NC)Cc1cc(Br)cs1. The molecule has 0 saturated heterocycles. The molecule has 0 bridgehead atoms. The van der Waals surface area contributed by atoms with E-state index >= 15 is 0 Å². The van der Waals surface area contributed by atoms with Crippen molar-refractivity contribution in [2.45, 2.75) is 13.5 Å². The van der Waals surface area contributed by atoms with Gasteiger partial charge in [0.1, 0.15) is 0 Å². The van der Waals surface area contributed by atoms with E-state index in [2.05, 4.69) is 44.5 Å². The predicted molar refractivity (Wildman–Crippen MR) is 67.0 cm³/mol. The summed E-state index contributed by atoms with van der Waals surface area (Å²) in [6, 6.07) is 2.09. The highest BCUT2D eigenvalue weighted by Crippen LogP contribution is 2.20. The van der Waals surface area contributed by atoms with Gasteiger partial charge in [0.15, 0.2) is 0 Å². The molecular weight excluding hydrogens is 276 g/mol. The van der Waals surface area contributed by atoms with Crippen molar-refractivity contribution in [2.24, 2.45) is 0 Å². The molecule has 0 aliphatic carbocycles. The van der Waals surface area contributed by atoms with E-state index in [0.717, 1.165) is 17.6 Å². The highest BCUT2D eigenvalue weighted by molar-refractivity contribution is 9.10. The highest BCUT2D eigenvalue weighted by Gasteiger charge is 2.09. The van der Waals surface area contributed by atoms with Gasteiger partial charge in [-0.25, -0.2) is 0 Å². The topological polar surface area (TPSA) is 32.3 Å². The van der Waals surface area contributed by atoms with Crippen LogP contribution in [0.2, 0.25) is 0 Å². The van der Waals surface area contributed by atoms with Crippen LogP contribution in [-0.2, 0) is 11.3 Å². The first-order valence-corrected chi connectivity index (χ1v) is 6.48. The van der Waals surface area contributed by atoms with E-state index in [-0.39, 0.29) is 5.91 Å². The van der Waals surface area contributed by atoms with Crippen molar-refractivity contribution in [1.29, 1.82) is 0 Å². The Bertz CT molecular complexity index is 327. The molecule has 0 spiro atoms. The Kier molecular flexibility index (Phi) is 5.28. The molecule has 0 radical (unpaired) electrons. The molecule has 0 atom stereocenters. The van der Waals surface area contributed by atoms with Crippen molar-refractivity contribution in [3.63, 3.8) is 0 Å². The number of carbonyl (C=O) groups is 1. The fraction of sp³-hybridized carbons (Fsp3) is 0.500. The minimum absolute atomic E-state index is 0.0625. The zero-order valence-corrected chi connectivity index (χ0v) is 11.3. The molecular formula is C10H15BrN2OS. The van der Waals surface area contributed by atoms with Gasteiger partial charge in [0, 0.05) is 28.3 Å². The maximum Gasteiger partial charge on any atom is 0.233 e. The Morgan fingerprint density at radius 1 is 1.67 bits per heavy atom. The zero-order chi connectivity index (χ0) is 11.3. The van der Waals surface area contributed by atoms with Gasteiger partial charge < -0.3 is 5.32 Å². The second kappa shape index (κ2) is 6.25. The van der Waals surface area contributed by atoms with Crippen molar-refractivity contribution >= 4 is 33.2 Å². The fourth-order valence-corrected chi connectivity index (χ4v) is 2.71. The molecule has 5 heteroatoms. The Morgan fingerprint density at radius 3 is 2.87 bits per heavy atom. The van der Waals surface area contributed by atoms with Crippen LogP contribution in [0.3, 0.4) is 0 Å².